The Bertz CT molecular complexity index is 867. The average molecular weight is 363 g/mol. The minimum atomic E-state index is -0.442. The van der Waals surface area contributed by atoms with Gasteiger partial charge in [0.05, 0.1) is 10.8 Å². The summed E-state index contributed by atoms with van der Waals surface area (Å²) in [4.78, 5) is 12.4. The van der Waals surface area contributed by atoms with E-state index in [0.717, 1.165) is 11.8 Å². The van der Waals surface area contributed by atoms with Crippen LogP contribution < -0.4 is 0 Å². The molecule has 24 heavy (non-hydrogen) atoms. The molecule has 0 unspecified atom stereocenters. The second kappa shape index (κ2) is 7.15. The van der Waals surface area contributed by atoms with Crippen LogP contribution in [0.4, 0.5) is 4.39 Å². The second-order valence-electron chi connectivity index (χ2n) is 4.98. The zero-order valence-corrected chi connectivity index (χ0v) is 14.1. The van der Waals surface area contributed by atoms with Gasteiger partial charge in [-0.2, -0.15) is 0 Å². The lowest BCUT2D eigenvalue weighted by Gasteiger charge is -2.07. The fourth-order valence-corrected chi connectivity index (χ4v) is 2.94. The van der Waals surface area contributed by atoms with E-state index in [1.54, 1.807) is 49.4 Å². The van der Waals surface area contributed by atoms with Crippen molar-refractivity contribution in [3.63, 3.8) is 0 Å². The van der Waals surface area contributed by atoms with Gasteiger partial charge in [-0.3, -0.25) is 4.79 Å². The summed E-state index contributed by atoms with van der Waals surface area (Å²) in [6.07, 6.45) is 0. The Labute approximate surface area is 147 Å². The summed E-state index contributed by atoms with van der Waals surface area (Å²) in [5, 5.41) is 8.06. The van der Waals surface area contributed by atoms with E-state index in [9.17, 15) is 9.18 Å². The minimum Gasteiger partial charge on any atom is -0.411 e. The molecule has 1 aromatic heterocycles. The average Bonchev–Trinajstić information content (AvgIpc) is 3.03. The van der Waals surface area contributed by atoms with Crippen molar-refractivity contribution in [2.45, 2.75) is 17.4 Å². The number of carbonyl (C=O) groups is 1. The van der Waals surface area contributed by atoms with Gasteiger partial charge in [0.15, 0.2) is 5.78 Å². The number of nitrogens with zero attached hydrogens (tertiary/aromatic N) is 2. The lowest BCUT2D eigenvalue weighted by atomic mass is 10.1. The predicted molar refractivity (Wildman–Crippen MR) is 90.8 cm³/mol. The van der Waals surface area contributed by atoms with E-state index in [4.69, 9.17) is 16.0 Å². The maximum atomic E-state index is 13.7. The van der Waals surface area contributed by atoms with Crippen molar-refractivity contribution in [3.05, 3.63) is 64.9 Å². The molecule has 0 amide bonds. The predicted octanol–water partition coefficient (Wildman–Crippen LogP) is 4.89. The van der Waals surface area contributed by atoms with Crippen molar-refractivity contribution in [3.8, 4) is 11.5 Å². The number of Topliss-reactive ketones (excluding diaryl/α,β-unsaturated/α-hetero) is 1. The number of ketones is 1. The van der Waals surface area contributed by atoms with E-state index in [2.05, 4.69) is 10.2 Å². The summed E-state index contributed by atoms with van der Waals surface area (Å²) in [6.45, 7) is 1.74. The van der Waals surface area contributed by atoms with Crippen molar-refractivity contribution in [2.24, 2.45) is 0 Å². The zero-order chi connectivity index (χ0) is 17.1. The van der Waals surface area contributed by atoms with Crippen molar-refractivity contribution < 1.29 is 13.6 Å². The van der Waals surface area contributed by atoms with E-state index in [0.29, 0.717) is 10.6 Å². The van der Waals surface area contributed by atoms with Crippen molar-refractivity contribution in [2.75, 3.05) is 0 Å². The molecule has 7 heteroatoms. The third-order valence-corrected chi connectivity index (χ3v) is 4.47. The first-order valence-electron chi connectivity index (χ1n) is 7.09. The SMILES string of the molecule is C[C@H](Sc1nnc(-c2ccccc2F)o1)C(=O)c1ccc(Cl)cc1. The van der Waals surface area contributed by atoms with E-state index in [1.165, 1.54) is 6.07 Å². The molecule has 2 aromatic carbocycles. The van der Waals surface area contributed by atoms with Crippen LogP contribution in [0, 0.1) is 5.82 Å². The molecule has 0 fully saturated rings. The standard InChI is InChI=1S/C17H12ClFN2O2S/c1-10(15(22)11-6-8-12(18)9-7-11)24-17-21-20-16(23-17)13-4-2-3-5-14(13)19/h2-10H,1H3/t10-/m0/s1. The van der Waals surface area contributed by atoms with Gasteiger partial charge in [0.1, 0.15) is 5.82 Å². The monoisotopic (exact) mass is 362 g/mol. The fourth-order valence-electron chi connectivity index (χ4n) is 2.05. The highest BCUT2D eigenvalue weighted by molar-refractivity contribution is 8.00. The molecule has 0 radical (unpaired) electrons. The number of halogens is 2. The Kier molecular flexibility index (Phi) is 4.97. The van der Waals surface area contributed by atoms with E-state index in [1.807, 2.05) is 0 Å². The number of rotatable bonds is 5. The van der Waals surface area contributed by atoms with E-state index < -0.39 is 11.1 Å². The largest absolute Gasteiger partial charge is 0.411 e. The smallest absolute Gasteiger partial charge is 0.277 e. The highest BCUT2D eigenvalue weighted by atomic mass is 35.5. The Hall–Kier alpha value is -2.18. The molecule has 0 bridgehead atoms. The Morgan fingerprint density at radius 3 is 2.58 bits per heavy atom. The molecule has 1 heterocycles. The number of carbonyl (C=O) groups excluding carboxylic acids is 1. The molecule has 0 aliphatic rings. The van der Waals surface area contributed by atoms with Gasteiger partial charge in [-0.25, -0.2) is 4.39 Å². The quantitative estimate of drug-likeness (QED) is 0.477. The molecule has 3 aromatic rings. The highest BCUT2D eigenvalue weighted by Gasteiger charge is 2.20. The lowest BCUT2D eigenvalue weighted by molar-refractivity contribution is 0.0993. The molecule has 122 valence electrons. The van der Waals surface area contributed by atoms with Crippen LogP contribution >= 0.6 is 23.4 Å². The van der Waals surface area contributed by atoms with Gasteiger partial charge in [-0.1, -0.05) is 35.5 Å². The van der Waals surface area contributed by atoms with Crippen LogP contribution in [0.25, 0.3) is 11.5 Å². The number of aromatic nitrogens is 2. The molecule has 0 saturated heterocycles. The number of benzene rings is 2. The molecule has 0 N–H and O–H groups in total. The molecule has 0 saturated carbocycles. The Morgan fingerprint density at radius 2 is 1.88 bits per heavy atom. The van der Waals surface area contributed by atoms with Crippen molar-refractivity contribution in [1.29, 1.82) is 0 Å². The lowest BCUT2D eigenvalue weighted by Crippen LogP contribution is -2.13. The maximum absolute atomic E-state index is 13.7. The summed E-state index contributed by atoms with van der Waals surface area (Å²) in [6, 6.07) is 12.8. The molecular formula is C17H12ClFN2O2S. The number of thioether (sulfide) groups is 1. The van der Waals surface area contributed by atoms with Gasteiger partial charge in [0, 0.05) is 10.6 Å². The van der Waals surface area contributed by atoms with Crippen LogP contribution in [-0.2, 0) is 0 Å². The topological polar surface area (TPSA) is 56.0 Å². The van der Waals surface area contributed by atoms with Crippen LogP contribution in [0.1, 0.15) is 17.3 Å². The molecule has 3 rings (SSSR count). The van der Waals surface area contributed by atoms with Gasteiger partial charge in [-0.15, -0.1) is 10.2 Å². The first-order chi connectivity index (χ1) is 11.5. The number of hydrogen-bond acceptors (Lipinski definition) is 5. The summed E-state index contributed by atoms with van der Waals surface area (Å²) >= 11 is 6.95. The third-order valence-electron chi connectivity index (χ3n) is 3.29. The fraction of sp³-hybridized carbons (Fsp3) is 0.118. The molecule has 4 nitrogen and oxygen atoms in total. The van der Waals surface area contributed by atoms with Gasteiger partial charge in [0.25, 0.3) is 11.1 Å². The van der Waals surface area contributed by atoms with Crippen LogP contribution in [0.5, 0.6) is 0 Å². The molecule has 1 atom stereocenters. The normalized spacial score (nSPS) is 12.1. The first-order valence-corrected chi connectivity index (χ1v) is 8.35. The Balaban J connectivity index is 1.73. The summed E-state index contributed by atoms with van der Waals surface area (Å²) in [7, 11) is 0. The highest BCUT2D eigenvalue weighted by Crippen LogP contribution is 2.28. The van der Waals surface area contributed by atoms with Crippen LogP contribution in [-0.4, -0.2) is 21.2 Å². The summed E-state index contributed by atoms with van der Waals surface area (Å²) in [5.41, 5.74) is 0.779. The zero-order valence-electron chi connectivity index (χ0n) is 12.6. The van der Waals surface area contributed by atoms with Crippen LogP contribution in [0.3, 0.4) is 0 Å². The van der Waals surface area contributed by atoms with Gasteiger partial charge in [-0.05, 0) is 43.3 Å². The third kappa shape index (κ3) is 3.66. The Morgan fingerprint density at radius 1 is 1.17 bits per heavy atom. The first kappa shape index (κ1) is 16.7. The number of hydrogen-bond donors (Lipinski definition) is 0. The minimum absolute atomic E-state index is 0.0812. The summed E-state index contributed by atoms with van der Waals surface area (Å²) < 4.78 is 19.2. The second-order valence-corrected chi connectivity index (χ2v) is 6.71. The molecule has 0 aliphatic carbocycles. The van der Waals surface area contributed by atoms with E-state index in [-0.39, 0.29) is 22.5 Å². The van der Waals surface area contributed by atoms with Gasteiger partial charge >= 0.3 is 0 Å². The molecule has 0 spiro atoms. The van der Waals surface area contributed by atoms with Gasteiger partial charge < -0.3 is 4.42 Å². The van der Waals surface area contributed by atoms with E-state index >= 15 is 0 Å². The molecule has 0 aliphatic heterocycles. The van der Waals surface area contributed by atoms with Crippen LogP contribution in [0.2, 0.25) is 5.02 Å². The van der Waals surface area contributed by atoms with Crippen molar-refractivity contribution >= 4 is 29.1 Å². The van der Waals surface area contributed by atoms with Crippen molar-refractivity contribution in [1.82, 2.24) is 10.2 Å². The van der Waals surface area contributed by atoms with Crippen LogP contribution in [0.15, 0.2) is 58.2 Å². The molecular weight excluding hydrogens is 351 g/mol. The maximum Gasteiger partial charge on any atom is 0.277 e. The van der Waals surface area contributed by atoms with Gasteiger partial charge in [0.2, 0.25) is 0 Å². The summed E-state index contributed by atoms with van der Waals surface area (Å²) in [5.74, 6) is -0.438.